The highest BCUT2D eigenvalue weighted by Crippen LogP contribution is 2.24. The average Bonchev–Trinajstić information content (AvgIpc) is 2.71. The summed E-state index contributed by atoms with van der Waals surface area (Å²) in [6.07, 6.45) is -0.392. The third-order valence-electron chi connectivity index (χ3n) is 5.28. The monoisotopic (exact) mass is 584 g/mol. The number of hydrogen-bond donors (Lipinski definition) is 4. The molecule has 2 heterocycles. The number of nitrogens with one attached hydrogen (secondary N) is 1. The van der Waals surface area contributed by atoms with Crippen molar-refractivity contribution < 1.29 is 24.9 Å². The second-order valence-electron chi connectivity index (χ2n) is 8.33. The summed E-state index contributed by atoms with van der Waals surface area (Å²) in [6, 6.07) is 7.06. The molecule has 0 bridgehead atoms. The molecular formula is C24H30Br2N2O5. The Morgan fingerprint density at radius 3 is 1.45 bits per heavy atom. The first-order valence-corrected chi connectivity index (χ1v) is 12.1. The van der Waals surface area contributed by atoms with Crippen LogP contribution in [0, 0.1) is 27.7 Å². The molecule has 2 aromatic rings. The van der Waals surface area contributed by atoms with E-state index in [2.05, 4.69) is 37.2 Å². The molecule has 0 aromatic heterocycles. The van der Waals surface area contributed by atoms with Gasteiger partial charge in [0, 0.05) is 40.7 Å². The number of carbonyl (C=O) groups is 2. The van der Waals surface area contributed by atoms with Gasteiger partial charge in [-0.15, -0.1) is 0 Å². The Labute approximate surface area is 211 Å². The molecule has 0 unspecified atom stereocenters. The number of aliphatic hydroxyl groups is 2. The van der Waals surface area contributed by atoms with Gasteiger partial charge in [-0.1, -0.05) is 31.9 Å². The first kappa shape index (κ1) is 27.5. The molecule has 2 aliphatic rings. The van der Waals surface area contributed by atoms with E-state index in [0.717, 1.165) is 44.3 Å². The largest absolute Gasteiger partial charge is 0.478 e. The molecule has 33 heavy (non-hydrogen) atoms. The number of carboxylic acid groups (broad SMARTS) is 1. The Morgan fingerprint density at radius 1 is 0.818 bits per heavy atom. The summed E-state index contributed by atoms with van der Waals surface area (Å²) in [4.78, 5) is 24.2. The fourth-order valence-corrected chi connectivity index (χ4v) is 3.67. The molecule has 2 saturated heterocycles. The van der Waals surface area contributed by atoms with Crippen LogP contribution in [0.1, 0.15) is 43.0 Å². The summed E-state index contributed by atoms with van der Waals surface area (Å²) in [7, 11) is 0. The quantitative estimate of drug-likeness (QED) is 0.429. The van der Waals surface area contributed by atoms with Gasteiger partial charge >= 0.3 is 5.97 Å². The fraction of sp³-hybridized carbons (Fsp3) is 0.417. The van der Waals surface area contributed by atoms with Crippen LogP contribution < -0.4 is 5.32 Å². The van der Waals surface area contributed by atoms with Crippen LogP contribution >= 0.6 is 31.9 Å². The van der Waals surface area contributed by atoms with Gasteiger partial charge in [0.1, 0.15) is 0 Å². The molecule has 4 rings (SSSR count). The van der Waals surface area contributed by atoms with E-state index in [1.807, 2.05) is 39.8 Å². The van der Waals surface area contributed by atoms with E-state index in [1.54, 1.807) is 17.0 Å². The lowest BCUT2D eigenvalue weighted by atomic mass is 10.0. The molecule has 0 radical (unpaired) electrons. The Bertz CT molecular complexity index is 972. The van der Waals surface area contributed by atoms with Crippen molar-refractivity contribution in [1.29, 1.82) is 0 Å². The summed E-state index contributed by atoms with van der Waals surface area (Å²) >= 11 is 6.84. The molecule has 2 aromatic carbocycles. The summed E-state index contributed by atoms with van der Waals surface area (Å²) < 4.78 is 2.03. The van der Waals surface area contributed by atoms with E-state index in [4.69, 9.17) is 15.3 Å². The molecule has 180 valence electrons. The van der Waals surface area contributed by atoms with Crippen molar-refractivity contribution in [2.75, 3.05) is 26.2 Å². The molecule has 0 saturated carbocycles. The lowest BCUT2D eigenvalue weighted by Crippen LogP contribution is -2.53. The molecular weight excluding hydrogens is 556 g/mol. The van der Waals surface area contributed by atoms with Crippen molar-refractivity contribution in [2.24, 2.45) is 0 Å². The standard InChI is InChI=1S/C12H14BrNO2.C9H9BrO2.C3H7NO/c1-7-3-9(4-8(2)11(7)13)12(16)14-5-10(15)6-14;1-5-3-7(9(11)12)4-6(2)8(5)10;5-3-1-4-2-3/h3-4,10,15H,5-6H2,1-2H3;3-4H,1-2H3,(H,11,12);3-5H,1-2H2. The zero-order valence-electron chi connectivity index (χ0n) is 19.2. The number of halogens is 2. The van der Waals surface area contributed by atoms with E-state index in [-0.39, 0.29) is 18.1 Å². The van der Waals surface area contributed by atoms with Gasteiger partial charge in [-0.25, -0.2) is 4.79 Å². The summed E-state index contributed by atoms with van der Waals surface area (Å²) in [5.74, 6) is -0.877. The van der Waals surface area contributed by atoms with Crippen LogP contribution in [-0.2, 0) is 0 Å². The topological polar surface area (TPSA) is 110 Å². The normalized spacial score (nSPS) is 15.3. The van der Waals surface area contributed by atoms with Crippen LogP contribution in [0.25, 0.3) is 0 Å². The number of aryl methyl sites for hydroxylation is 4. The molecule has 1 amide bonds. The minimum absolute atomic E-state index is 0.00370. The van der Waals surface area contributed by atoms with Gasteiger partial charge in [-0.05, 0) is 74.2 Å². The van der Waals surface area contributed by atoms with Crippen molar-refractivity contribution in [2.45, 2.75) is 39.9 Å². The minimum Gasteiger partial charge on any atom is -0.478 e. The Balaban J connectivity index is 0.000000198. The number of rotatable bonds is 2. The highest BCUT2D eigenvalue weighted by Gasteiger charge is 2.29. The van der Waals surface area contributed by atoms with E-state index < -0.39 is 5.97 Å². The molecule has 0 spiro atoms. The van der Waals surface area contributed by atoms with Crippen molar-refractivity contribution >= 4 is 43.7 Å². The van der Waals surface area contributed by atoms with Crippen LogP contribution in [0.4, 0.5) is 0 Å². The summed E-state index contributed by atoms with van der Waals surface area (Å²) in [5, 5.41) is 29.2. The van der Waals surface area contributed by atoms with Gasteiger partial charge in [0.15, 0.2) is 0 Å². The number of hydrogen-bond acceptors (Lipinski definition) is 5. The number of benzene rings is 2. The molecule has 9 heteroatoms. The van der Waals surface area contributed by atoms with Crippen LogP contribution in [0.5, 0.6) is 0 Å². The Kier molecular flexibility index (Phi) is 10.1. The zero-order chi connectivity index (χ0) is 24.9. The molecule has 4 N–H and O–H groups in total. The van der Waals surface area contributed by atoms with Gasteiger partial charge in [0.05, 0.1) is 17.8 Å². The number of nitrogens with zero attached hydrogens (tertiary/aromatic N) is 1. The number of carboxylic acids is 1. The van der Waals surface area contributed by atoms with E-state index in [9.17, 15) is 9.59 Å². The van der Waals surface area contributed by atoms with E-state index in [1.165, 1.54) is 0 Å². The van der Waals surface area contributed by atoms with E-state index >= 15 is 0 Å². The Hall–Kier alpha value is -1.78. The van der Waals surface area contributed by atoms with Crippen molar-refractivity contribution in [3.05, 3.63) is 66.6 Å². The number of aromatic carboxylic acids is 1. The average molecular weight is 586 g/mol. The first-order valence-electron chi connectivity index (χ1n) is 10.5. The third-order valence-corrected chi connectivity index (χ3v) is 7.78. The summed E-state index contributed by atoms with van der Waals surface area (Å²) in [6.45, 7) is 10.2. The molecule has 2 fully saturated rings. The smallest absolute Gasteiger partial charge is 0.335 e. The van der Waals surface area contributed by atoms with Gasteiger partial charge in [-0.2, -0.15) is 0 Å². The number of likely N-dealkylation sites (tertiary alicyclic amines) is 1. The van der Waals surface area contributed by atoms with Crippen LogP contribution in [0.15, 0.2) is 33.2 Å². The number of β-amino-alcohol motifs (C(OH)–C–C–N with tert-alkyl or cyclic N) is 2. The zero-order valence-corrected chi connectivity index (χ0v) is 22.3. The van der Waals surface area contributed by atoms with Gasteiger partial charge < -0.3 is 25.5 Å². The fourth-order valence-electron chi connectivity index (χ4n) is 3.22. The van der Waals surface area contributed by atoms with E-state index in [0.29, 0.717) is 24.2 Å². The first-order chi connectivity index (χ1) is 15.4. The van der Waals surface area contributed by atoms with Crippen molar-refractivity contribution in [1.82, 2.24) is 10.2 Å². The van der Waals surface area contributed by atoms with Crippen LogP contribution in [-0.4, -0.2) is 70.5 Å². The predicted molar refractivity (Wildman–Crippen MR) is 135 cm³/mol. The minimum atomic E-state index is -0.881. The van der Waals surface area contributed by atoms with Gasteiger partial charge in [0.2, 0.25) is 0 Å². The predicted octanol–water partition coefficient (Wildman–Crippen LogP) is 3.60. The molecule has 7 nitrogen and oxygen atoms in total. The van der Waals surface area contributed by atoms with Gasteiger partial charge in [0.25, 0.3) is 5.91 Å². The summed E-state index contributed by atoms with van der Waals surface area (Å²) in [5.41, 5.74) is 5.06. The van der Waals surface area contributed by atoms with Crippen molar-refractivity contribution in [3.8, 4) is 0 Å². The number of carbonyl (C=O) groups excluding carboxylic acids is 1. The third kappa shape index (κ3) is 7.61. The highest BCUT2D eigenvalue weighted by molar-refractivity contribution is 9.10. The Morgan fingerprint density at radius 2 is 1.18 bits per heavy atom. The second-order valence-corrected chi connectivity index (χ2v) is 9.92. The maximum atomic E-state index is 12.0. The molecule has 0 aliphatic carbocycles. The second kappa shape index (κ2) is 12.1. The number of amides is 1. The maximum absolute atomic E-state index is 12.0. The molecule has 2 aliphatic heterocycles. The SMILES string of the molecule is Cc1cc(C(=O)N2CC(O)C2)cc(C)c1Br.Cc1cc(C(=O)O)cc(C)c1Br.OC1CNC1. The lowest BCUT2D eigenvalue weighted by molar-refractivity contribution is 0.00588. The van der Waals surface area contributed by atoms with Crippen LogP contribution in [0.2, 0.25) is 0 Å². The highest BCUT2D eigenvalue weighted by atomic mass is 79.9. The molecule has 0 atom stereocenters. The lowest BCUT2D eigenvalue weighted by Gasteiger charge is -2.36. The maximum Gasteiger partial charge on any atom is 0.335 e. The van der Waals surface area contributed by atoms with Crippen molar-refractivity contribution in [3.63, 3.8) is 0 Å². The number of aliphatic hydroxyl groups excluding tert-OH is 2. The van der Waals surface area contributed by atoms with Gasteiger partial charge in [-0.3, -0.25) is 4.79 Å². The van der Waals surface area contributed by atoms with Crippen LogP contribution in [0.3, 0.4) is 0 Å².